The van der Waals surface area contributed by atoms with Gasteiger partial charge in [0.1, 0.15) is 0 Å². The van der Waals surface area contributed by atoms with E-state index in [2.05, 4.69) is 19.9 Å². The predicted molar refractivity (Wildman–Crippen MR) is 55.6 cm³/mol. The maximum Gasteiger partial charge on any atom is 0.178 e. The Morgan fingerprint density at radius 2 is 1.85 bits per heavy atom. The van der Waals surface area contributed by atoms with Gasteiger partial charge < -0.3 is 9.47 Å². The molecule has 2 heteroatoms. The van der Waals surface area contributed by atoms with E-state index < -0.39 is 0 Å². The molecular formula is C11H22O2. The van der Waals surface area contributed by atoms with Crippen LogP contribution in [0.1, 0.15) is 33.6 Å². The smallest absolute Gasteiger partial charge is 0.178 e. The largest absolute Gasteiger partial charge is 0.352 e. The lowest BCUT2D eigenvalue weighted by Crippen LogP contribution is -2.14. The Kier molecular flexibility index (Phi) is 6.92. The van der Waals surface area contributed by atoms with Crippen LogP contribution in [0.3, 0.4) is 0 Å². The van der Waals surface area contributed by atoms with Crippen molar-refractivity contribution in [2.45, 2.75) is 39.9 Å². The second-order valence-corrected chi connectivity index (χ2v) is 3.50. The number of allylic oxidation sites excluding steroid dienone is 1. The second kappa shape index (κ2) is 7.10. The van der Waals surface area contributed by atoms with Crippen LogP contribution in [-0.4, -0.2) is 20.5 Å². The van der Waals surface area contributed by atoms with Gasteiger partial charge in [0.15, 0.2) is 6.29 Å². The van der Waals surface area contributed by atoms with Crippen molar-refractivity contribution < 1.29 is 9.47 Å². The summed E-state index contributed by atoms with van der Waals surface area (Å²) in [6.45, 7) is 6.50. The summed E-state index contributed by atoms with van der Waals surface area (Å²) in [6.07, 6.45) is 4.34. The SMILES string of the molecule is CCC(C)CC=C(C)C(OC)OC. The van der Waals surface area contributed by atoms with Crippen molar-refractivity contribution in [3.05, 3.63) is 11.6 Å². The van der Waals surface area contributed by atoms with Crippen LogP contribution in [0.4, 0.5) is 0 Å². The second-order valence-electron chi connectivity index (χ2n) is 3.50. The van der Waals surface area contributed by atoms with E-state index in [0.717, 1.165) is 17.9 Å². The Bertz CT molecular complexity index is 148. The number of rotatable bonds is 6. The van der Waals surface area contributed by atoms with Crippen LogP contribution in [-0.2, 0) is 9.47 Å². The van der Waals surface area contributed by atoms with Gasteiger partial charge >= 0.3 is 0 Å². The molecule has 0 saturated carbocycles. The zero-order chi connectivity index (χ0) is 10.3. The molecule has 0 aromatic heterocycles. The van der Waals surface area contributed by atoms with Gasteiger partial charge in [0, 0.05) is 14.2 Å². The lowest BCUT2D eigenvalue weighted by atomic mass is 10.0. The number of methoxy groups -OCH3 is 2. The van der Waals surface area contributed by atoms with Crippen LogP contribution in [0, 0.1) is 5.92 Å². The van der Waals surface area contributed by atoms with Crippen molar-refractivity contribution in [2.75, 3.05) is 14.2 Å². The highest BCUT2D eigenvalue weighted by Gasteiger charge is 2.06. The highest BCUT2D eigenvalue weighted by molar-refractivity contribution is 5.01. The van der Waals surface area contributed by atoms with E-state index in [4.69, 9.17) is 9.47 Å². The Morgan fingerprint density at radius 3 is 2.23 bits per heavy atom. The normalized spacial score (nSPS) is 15.1. The molecule has 0 spiro atoms. The fourth-order valence-electron chi connectivity index (χ4n) is 1.12. The molecule has 1 unspecified atom stereocenters. The lowest BCUT2D eigenvalue weighted by Gasteiger charge is -2.14. The van der Waals surface area contributed by atoms with Gasteiger partial charge in [-0.2, -0.15) is 0 Å². The molecule has 0 heterocycles. The first-order valence-electron chi connectivity index (χ1n) is 4.87. The number of hydrogen-bond donors (Lipinski definition) is 0. The van der Waals surface area contributed by atoms with Crippen molar-refractivity contribution in [1.82, 2.24) is 0 Å². The van der Waals surface area contributed by atoms with E-state index in [9.17, 15) is 0 Å². The van der Waals surface area contributed by atoms with E-state index in [1.54, 1.807) is 14.2 Å². The summed E-state index contributed by atoms with van der Waals surface area (Å²) in [5.74, 6) is 0.740. The molecular weight excluding hydrogens is 164 g/mol. The molecule has 0 fully saturated rings. The first-order valence-corrected chi connectivity index (χ1v) is 4.87. The fraction of sp³-hybridized carbons (Fsp3) is 0.818. The van der Waals surface area contributed by atoms with Gasteiger partial charge in [-0.25, -0.2) is 0 Å². The summed E-state index contributed by atoms with van der Waals surface area (Å²) in [7, 11) is 3.32. The lowest BCUT2D eigenvalue weighted by molar-refractivity contribution is -0.0749. The molecule has 0 bridgehead atoms. The van der Waals surface area contributed by atoms with E-state index >= 15 is 0 Å². The van der Waals surface area contributed by atoms with Gasteiger partial charge in [0.25, 0.3) is 0 Å². The fourth-order valence-corrected chi connectivity index (χ4v) is 1.12. The van der Waals surface area contributed by atoms with Crippen LogP contribution in [0.25, 0.3) is 0 Å². The predicted octanol–water partition coefficient (Wildman–Crippen LogP) is 2.99. The maximum absolute atomic E-state index is 5.14. The molecule has 0 amide bonds. The molecule has 2 nitrogen and oxygen atoms in total. The molecule has 0 saturated heterocycles. The monoisotopic (exact) mass is 186 g/mol. The summed E-state index contributed by atoms with van der Waals surface area (Å²) >= 11 is 0. The Labute approximate surface area is 81.9 Å². The molecule has 0 radical (unpaired) electrons. The van der Waals surface area contributed by atoms with Crippen LogP contribution in [0.15, 0.2) is 11.6 Å². The molecule has 78 valence electrons. The van der Waals surface area contributed by atoms with E-state index in [0.29, 0.717) is 0 Å². The number of hydrogen-bond acceptors (Lipinski definition) is 2. The van der Waals surface area contributed by atoms with E-state index in [1.807, 2.05) is 6.92 Å². The van der Waals surface area contributed by atoms with Gasteiger partial charge in [-0.05, 0) is 24.8 Å². The first-order chi connectivity index (χ1) is 6.15. The zero-order valence-corrected chi connectivity index (χ0v) is 9.46. The van der Waals surface area contributed by atoms with Crippen molar-refractivity contribution in [1.29, 1.82) is 0 Å². The van der Waals surface area contributed by atoms with Crippen molar-refractivity contribution >= 4 is 0 Å². The molecule has 0 aromatic rings. The van der Waals surface area contributed by atoms with Gasteiger partial charge in [0.05, 0.1) is 0 Å². The first kappa shape index (κ1) is 12.7. The number of ether oxygens (including phenoxy) is 2. The standard InChI is InChI=1S/C11H22O2/c1-6-9(2)7-8-10(3)11(12-4)13-5/h8-9,11H,6-7H2,1-5H3. The molecule has 1 atom stereocenters. The quantitative estimate of drug-likeness (QED) is 0.469. The van der Waals surface area contributed by atoms with Gasteiger partial charge in [-0.15, -0.1) is 0 Å². The highest BCUT2D eigenvalue weighted by Crippen LogP contribution is 2.12. The summed E-state index contributed by atoms with van der Waals surface area (Å²) in [5, 5.41) is 0. The summed E-state index contributed by atoms with van der Waals surface area (Å²) in [4.78, 5) is 0. The summed E-state index contributed by atoms with van der Waals surface area (Å²) in [6, 6.07) is 0. The minimum atomic E-state index is -0.177. The van der Waals surface area contributed by atoms with Gasteiger partial charge in [-0.3, -0.25) is 0 Å². The third-order valence-corrected chi connectivity index (χ3v) is 2.34. The zero-order valence-electron chi connectivity index (χ0n) is 9.46. The van der Waals surface area contributed by atoms with Gasteiger partial charge in [0.2, 0.25) is 0 Å². The van der Waals surface area contributed by atoms with Crippen LogP contribution in [0.5, 0.6) is 0 Å². The molecule has 0 N–H and O–H groups in total. The molecule has 0 rings (SSSR count). The van der Waals surface area contributed by atoms with Crippen molar-refractivity contribution in [2.24, 2.45) is 5.92 Å². The molecule has 13 heavy (non-hydrogen) atoms. The van der Waals surface area contributed by atoms with Crippen LogP contribution >= 0.6 is 0 Å². The molecule has 0 aliphatic carbocycles. The maximum atomic E-state index is 5.14. The van der Waals surface area contributed by atoms with Crippen LogP contribution in [0.2, 0.25) is 0 Å². The average Bonchev–Trinajstić information content (AvgIpc) is 2.16. The Hall–Kier alpha value is -0.340. The highest BCUT2D eigenvalue weighted by atomic mass is 16.7. The topological polar surface area (TPSA) is 18.5 Å². The average molecular weight is 186 g/mol. The Balaban J connectivity index is 3.98. The van der Waals surface area contributed by atoms with Crippen molar-refractivity contribution in [3.8, 4) is 0 Å². The van der Waals surface area contributed by atoms with E-state index in [-0.39, 0.29) is 6.29 Å². The summed E-state index contributed by atoms with van der Waals surface area (Å²) < 4.78 is 10.3. The molecule has 0 aliphatic heterocycles. The third-order valence-electron chi connectivity index (χ3n) is 2.34. The minimum Gasteiger partial charge on any atom is -0.352 e. The molecule has 0 aliphatic rings. The van der Waals surface area contributed by atoms with Crippen LogP contribution < -0.4 is 0 Å². The van der Waals surface area contributed by atoms with E-state index in [1.165, 1.54) is 6.42 Å². The third kappa shape index (κ3) is 5.06. The van der Waals surface area contributed by atoms with Crippen molar-refractivity contribution in [3.63, 3.8) is 0 Å². The molecule has 0 aromatic carbocycles. The Morgan fingerprint density at radius 1 is 1.31 bits per heavy atom. The summed E-state index contributed by atoms with van der Waals surface area (Å²) in [5.41, 5.74) is 1.16. The van der Waals surface area contributed by atoms with Gasteiger partial charge in [-0.1, -0.05) is 26.3 Å². The minimum absolute atomic E-state index is 0.177.